The lowest BCUT2D eigenvalue weighted by molar-refractivity contribution is -0.122. The van der Waals surface area contributed by atoms with E-state index in [0.29, 0.717) is 24.2 Å². The predicted octanol–water partition coefficient (Wildman–Crippen LogP) is 2.31. The Hall–Kier alpha value is -0.0300. The fourth-order valence-corrected chi connectivity index (χ4v) is 3.42. The molecule has 22 heavy (non-hydrogen) atoms. The molecule has 4 nitrogen and oxygen atoms in total. The first-order chi connectivity index (χ1) is 9.65. The molecule has 2 unspecified atom stereocenters. The highest BCUT2D eigenvalue weighted by Crippen LogP contribution is 2.22. The number of hydrogen-bond donors (Lipinski definition) is 2. The molecule has 6 heteroatoms. The summed E-state index contributed by atoms with van der Waals surface area (Å²) in [6, 6.07) is 0. The zero-order valence-electron chi connectivity index (χ0n) is 14.0. The van der Waals surface area contributed by atoms with Gasteiger partial charge in [-0.25, -0.2) is 0 Å². The topological polar surface area (TPSA) is 44.4 Å². The molecule has 0 radical (unpaired) electrons. The van der Waals surface area contributed by atoms with Gasteiger partial charge in [0.25, 0.3) is 0 Å². The molecule has 2 rings (SSSR count). The van der Waals surface area contributed by atoms with E-state index in [4.69, 9.17) is 0 Å². The number of carbonyl (C=O) groups is 1. The summed E-state index contributed by atoms with van der Waals surface area (Å²) in [5.41, 5.74) is 0. The Morgan fingerprint density at radius 1 is 1.27 bits per heavy atom. The minimum Gasteiger partial charge on any atom is -0.356 e. The maximum absolute atomic E-state index is 12.1. The first-order valence-corrected chi connectivity index (χ1v) is 8.31. The maximum atomic E-state index is 12.1. The zero-order valence-corrected chi connectivity index (χ0v) is 15.6. The monoisotopic (exact) mass is 353 g/mol. The third-order valence-electron chi connectivity index (χ3n) is 5.07. The van der Waals surface area contributed by atoms with Crippen molar-refractivity contribution in [3.8, 4) is 0 Å². The summed E-state index contributed by atoms with van der Waals surface area (Å²) in [7, 11) is 2.18. The van der Waals surface area contributed by atoms with Crippen LogP contribution < -0.4 is 10.6 Å². The van der Waals surface area contributed by atoms with Gasteiger partial charge in [0.2, 0.25) is 5.91 Å². The first-order valence-electron chi connectivity index (χ1n) is 8.31. The van der Waals surface area contributed by atoms with Crippen molar-refractivity contribution < 1.29 is 4.79 Å². The molecular weight excluding hydrogens is 321 g/mol. The molecule has 0 aromatic carbocycles. The van der Waals surface area contributed by atoms with E-state index in [9.17, 15) is 4.79 Å². The molecule has 0 saturated carbocycles. The average Bonchev–Trinajstić information content (AvgIpc) is 2.47. The smallest absolute Gasteiger partial charge is 0.220 e. The lowest BCUT2D eigenvalue weighted by atomic mass is 9.85. The van der Waals surface area contributed by atoms with Crippen molar-refractivity contribution in [2.24, 2.45) is 17.8 Å². The van der Waals surface area contributed by atoms with Crippen LogP contribution in [0.15, 0.2) is 0 Å². The average molecular weight is 354 g/mol. The highest BCUT2D eigenvalue weighted by molar-refractivity contribution is 5.85. The van der Waals surface area contributed by atoms with Crippen molar-refractivity contribution in [2.75, 3.05) is 39.8 Å². The minimum absolute atomic E-state index is 0. The molecule has 2 fully saturated rings. The van der Waals surface area contributed by atoms with Crippen LogP contribution >= 0.6 is 24.8 Å². The number of nitrogens with one attached hydrogen (secondary N) is 2. The summed E-state index contributed by atoms with van der Waals surface area (Å²) in [6.45, 7) is 7.68. The number of hydrogen-bond acceptors (Lipinski definition) is 3. The minimum atomic E-state index is 0. The zero-order chi connectivity index (χ0) is 14.4. The molecule has 132 valence electrons. The van der Waals surface area contributed by atoms with Crippen LogP contribution in [-0.2, 0) is 4.79 Å². The van der Waals surface area contributed by atoms with Crippen molar-refractivity contribution in [2.45, 2.75) is 39.0 Å². The summed E-state index contributed by atoms with van der Waals surface area (Å²) < 4.78 is 0. The molecule has 0 aromatic heterocycles. The Morgan fingerprint density at radius 3 is 2.55 bits per heavy atom. The molecule has 2 aliphatic rings. The summed E-state index contributed by atoms with van der Waals surface area (Å²) in [4.78, 5) is 14.4. The van der Waals surface area contributed by atoms with E-state index in [1.54, 1.807) is 0 Å². The molecule has 1 amide bonds. The largest absolute Gasteiger partial charge is 0.356 e. The normalized spacial score (nSPS) is 24.7. The van der Waals surface area contributed by atoms with Crippen molar-refractivity contribution in [1.82, 2.24) is 15.5 Å². The third kappa shape index (κ3) is 7.49. The van der Waals surface area contributed by atoms with E-state index >= 15 is 0 Å². The first kappa shape index (κ1) is 22.0. The van der Waals surface area contributed by atoms with Crippen LogP contribution in [0.1, 0.15) is 39.0 Å². The molecule has 0 bridgehead atoms. The fourth-order valence-electron chi connectivity index (χ4n) is 3.42. The second-order valence-corrected chi connectivity index (χ2v) is 6.84. The van der Waals surface area contributed by atoms with Gasteiger partial charge in [-0.3, -0.25) is 4.79 Å². The Bertz CT molecular complexity index is 304. The van der Waals surface area contributed by atoms with Crippen molar-refractivity contribution in [1.29, 1.82) is 0 Å². The van der Waals surface area contributed by atoms with Gasteiger partial charge in [-0.1, -0.05) is 6.92 Å². The standard InChI is InChI=1S/C16H31N3O.2ClH/c1-13(15-4-3-7-17-12-15)10-16(20)18-11-14-5-8-19(2)9-6-14;;/h13-15,17H,3-12H2,1-2H3,(H,18,20);2*1H. The maximum Gasteiger partial charge on any atom is 0.220 e. The Morgan fingerprint density at radius 2 is 1.95 bits per heavy atom. The van der Waals surface area contributed by atoms with Crippen LogP contribution in [0, 0.1) is 17.8 Å². The van der Waals surface area contributed by atoms with Gasteiger partial charge in [0.1, 0.15) is 0 Å². The van der Waals surface area contributed by atoms with E-state index in [0.717, 1.165) is 19.6 Å². The predicted molar refractivity (Wildman–Crippen MR) is 97.1 cm³/mol. The SMILES string of the molecule is CC(CC(=O)NCC1CCN(C)CC1)C1CCCNC1.Cl.Cl. The molecule has 0 aliphatic carbocycles. The number of nitrogens with zero attached hydrogens (tertiary/aromatic N) is 1. The molecule has 2 N–H and O–H groups in total. The van der Waals surface area contributed by atoms with Gasteiger partial charge >= 0.3 is 0 Å². The molecule has 2 saturated heterocycles. The Balaban J connectivity index is 0.00000220. The van der Waals surface area contributed by atoms with Crippen molar-refractivity contribution >= 4 is 30.7 Å². The van der Waals surface area contributed by atoms with Crippen LogP contribution in [0.4, 0.5) is 0 Å². The van der Waals surface area contributed by atoms with Gasteiger partial charge < -0.3 is 15.5 Å². The highest BCUT2D eigenvalue weighted by atomic mass is 35.5. The van der Waals surface area contributed by atoms with Gasteiger partial charge in [-0.2, -0.15) is 0 Å². The molecule has 2 atom stereocenters. The number of likely N-dealkylation sites (tertiary alicyclic amines) is 1. The van der Waals surface area contributed by atoms with E-state index in [1.807, 2.05) is 0 Å². The lowest BCUT2D eigenvalue weighted by Crippen LogP contribution is -2.38. The number of rotatable bonds is 5. The molecule has 0 spiro atoms. The number of carbonyl (C=O) groups excluding carboxylic acids is 1. The van der Waals surface area contributed by atoms with Gasteiger partial charge in [-0.05, 0) is 76.7 Å². The van der Waals surface area contributed by atoms with Crippen LogP contribution in [0.2, 0.25) is 0 Å². The van der Waals surface area contributed by atoms with Gasteiger partial charge in [-0.15, -0.1) is 24.8 Å². The number of amides is 1. The highest BCUT2D eigenvalue weighted by Gasteiger charge is 2.22. The van der Waals surface area contributed by atoms with Gasteiger partial charge in [0.15, 0.2) is 0 Å². The second-order valence-electron chi connectivity index (χ2n) is 6.84. The quantitative estimate of drug-likeness (QED) is 0.796. The van der Waals surface area contributed by atoms with Gasteiger partial charge in [0, 0.05) is 13.0 Å². The van der Waals surface area contributed by atoms with Crippen LogP contribution in [0.3, 0.4) is 0 Å². The molecule has 2 heterocycles. The Labute approximate surface area is 148 Å². The van der Waals surface area contributed by atoms with Crippen molar-refractivity contribution in [3.05, 3.63) is 0 Å². The number of piperidine rings is 2. The van der Waals surface area contributed by atoms with E-state index in [1.165, 1.54) is 38.8 Å². The summed E-state index contributed by atoms with van der Waals surface area (Å²) >= 11 is 0. The fraction of sp³-hybridized carbons (Fsp3) is 0.938. The van der Waals surface area contributed by atoms with Crippen molar-refractivity contribution in [3.63, 3.8) is 0 Å². The lowest BCUT2D eigenvalue weighted by Gasteiger charge is -2.30. The summed E-state index contributed by atoms with van der Waals surface area (Å²) in [6.07, 6.45) is 5.67. The molecular formula is C16H33Cl2N3O. The van der Waals surface area contributed by atoms with Crippen LogP contribution in [0.25, 0.3) is 0 Å². The third-order valence-corrected chi connectivity index (χ3v) is 5.07. The number of halogens is 2. The van der Waals surface area contributed by atoms with Crippen LogP contribution in [-0.4, -0.2) is 50.6 Å². The molecule has 0 aromatic rings. The Kier molecular flexibility index (Phi) is 11.5. The van der Waals surface area contributed by atoms with Crippen LogP contribution in [0.5, 0.6) is 0 Å². The summed E-state index contributed by atoms with van der Waals surface area (Å²) in [5.74, 6) is 2.11. The van der Waals surface area contributed by atoms with E-state index in [-0.39, 0.29) is 30.7 Å². The van der Waals surface area contributed by atoms with E-state index < -0.39 is 0 Å². The summed E-state index contributed by atoms with van der Waals surface area (Å²) in [5, 5.41) is 6.60. The second kappa shape index (κ2) is 11.5. The van der Waals surface area contributed by atoms with E-state index in [2.05, 4.69) is 29.5 Å². The molecule has 2 aliphatic heterocycles. The van der Waals surface area contributed by atoms with Gasteiger partial charge in [0.05, 0.1) is 0 Å².